The fourth-order valence-electron chi connectivity index (χ4n) is 4.76. The van der Waals surface area contributed by atoms with E-state index in [9.17, 15) is 4.79 Å². The minimum absolute atomic E-state index is 0.294. The van der Waals surface area contributed by atoms with Crippen molar-refractivity contribution >= 4 is 23.4 Å². The molecular formula is C25H34N6O2. The van der Waals surface area contributed by atoms with Crippen molar-refractivity contribution in [1.29, 1.82) is 0 Å². The second kappa shape index (κ2) is 9.95. The highest BCUT2D eigenvalue weighted by Crippen LogP contribution is 2.43. The van der Waals surface area contributed by atoms with Gasteiger partial charge in [-0.15, -0.1) is 0 Å². The molecule has 5 rings (SSSR count). The average molecular weight is 451 g/mol. The van der Waals surface area contributed by atoms with Crippen LogP contribution in [0.3, 0.4) is 0 Å². The lowest BCUT2D eigenvalue weighted by Gasteiger charge is -2.26. The molecule has 0 atom stereocenters. The molecule has 1 aromatic heterocycles. The zero-order valence-electron chi connectivity index (χ0n) is 19.5. The second-order valence-corrected chi connectivity index (χ2v) is 9.26. The molecule has 8 heteroatoms. The monoisotopic (exact) mass is 450 g/mol. The van der Waals surface area contributed by atoms with Crippen LogP contribution in [-0.2, 0) is 17.8 Å². The maximum Gasteiger partial charge on any atom is 0.229 e. The number of amides is 1. The molecule has 3 N–H and O–H groups in total. The number of methoxy groups -OCH3 is 1. The molecule has 176 valence electrons. The third kappa shape index (κ3) is 5.21. The van der Waals surface area contributed by atoms with Gasteiger partial charge >= 0.3 is 0 Å². The summed E-state index contributed by atoms with van der Waals surface area (Å²) in [5.41, 5.74) is 4.69. The quantitative estimate of drug-likeness (QED) is 0.503. The Labute approximate surface area is 195 Å². The van der Waals surface area contributed by atoms with E-state index in [4.69, 9.17) is 9.72 Å². The van der Waals surface area contributed by atoms with E-state index in [0.717, 1.165) is 75.7 Å². The van der Waals surface area contributed by atoms with Gasteiger partial charge in [0.1, 0.15) is 11.6 Å². The molecule has 0 radical (unpaired) electrons. The molecule has 1 saturated heterocycles. The first kappa shape index (κ1) is 21.9. The number of anilines is 3. The number of likely N-dealkylation sites (tertiary alicyclic amines) is 1. The number of piperidine rings is 1. The molecule has 0 spiro atoms. The van der Waals surface area contributed by atoms with Crippen molar-refractivity contribution in [2.45, 2.75) is 57.4 Å². The molecule has 0 unspecified atom stereocenters. The highest BCUT2D eigenvalue weighted by molar-refractivity contribution is 5.76. The topological polar surface area (TPSA) is 91.4 Å². The number of carbonyl (C=O) groups excluding carboxylic acids is 1. The van der Waals surface area contributed by atoms with Gasteiger partial charge in [-0.25, -0.2) is 4.98 Å². The summed E-state index contributed by atoms with van der Waals surface area (Å²) in [7, 11) is 1.70. The number of hydrogen-bond acceptors (Lipinski definition) is 7. The van der Waals surface area contributed by atoms with Crippen LogP contribution in [0, 0.1) is 0 Å². The third-order valence-electron chi connectivity index (χ3n) is 6.81. The van der Waals surface area contributed by atoms with Gasteiger partial charge in [0.05, 0.1) is 12.8 Å². The van der Waals surface area contributed by atoms with Gasteiger partial charge in [0.2, 0.25) is 11.9 Å². The standard InChI is InChI=1S/C25H34N6O2/c1-33-22-14-18-8-10-26-15-19(18)13-21(22)29-25-28-16-20(17-6-7-17)24(30-25)27-9-4-12-31-11-3-2-5-23(31)32/h13-14,16-17,26H,2-12,15H2,1H3,(H2,27,28,29,30). The Bertz CT molecular complexity index is 1010. The largest absolute Gasteiger partial charge is 0.495 e. The van der Waals surface area contributed by atoms with Crippen LogP contribution in [0.2, 0.25) is 0 Å². The lowest BCUT2D eigenvalue weighted by Crippen LogP contribution is -2.36. The maximum atomic E-state index is 12.0. The van der Waals surface area contributed by atoms with Crippen molar-refractivity contribution in [1.82, 2.24) is 20.2 Å². The molecule has 1 saturated carbocycles. The number of nitrogens with zero attached hydrogens (tertiary/aromatic N) is 3. The smallest absolute Gasteiger partial charge is 0.229 e. The molecule has 2 aliphatic heterocycles. The number of ether oxygens (including phenoxy) is 1. The van der Waals surface area contributed by atoms with Crippen molar-refractivity contribution < 1.29 is 9.53 Å². The van der Waals surface area contributed by atoms with Crippen molar-refractivity contribution in [2.75, 3.05) is 43.9 Å². The van der Waals surface area contributed by atoms with Crippen molar-refractivity contribution in [3.63, 3.8) is 0 Å². The highest BCUT2D eigenvalue weighted by atomic mass is 16.5. The van der Waals surface area contributed by atoms with Crippen LogP contribution in [0.1, 0.15) is 61.1 Å². The van der Waals surface area contributed by atoms with Crippen molar-refractivity contribution in [3.8, 4) is 5.75 Å². The van der Waals surface area contributed by atoms with Gasteiger partial charge in [-0.05, 0) is 74.2 Å². The molecule has 2 fully saturated rings. The second-order valence-electron chi connectivity index (χ2n) is 9.26. The number of benzene rings is 1. The molecule has 33 heavy (non-hydrogen) atoms. The van der Waals surface area contributed by atoms with E-state index in [0.29, 0.717) is 24.2 Å². The summed E-state index contributed by atoms with van der Waals surface area (Å²) in [6.07, 6.45) is 9.11. The van der Waals surface area contributed by atoms with Gasteiger partial charge in [0, 0.05) is 44.4 Å². The molecule has 1 amide bonds. The minimum atomic E-state index is 0.294. The van der Waals surface area contributed by atoms with Crippen molar-refractivity contribution in [2.24, 2.45) is 0 Å². The Balaban J connectivity index is 1.27. The van der Waals surface area contributed by atoms with Gasteiger partial charge in [0.15, 0.2) is 0 Å². The minimum Gasteiger partial charge on any atom is -0.495 e. The first-order chi connectivity index (χ1) is 16.2. The molecule has 1 aromatic carbocycles. The summed E-state index contributed by atoms with van der Waals surface area (Å²) in [5.74, 6) is 3.12. The number of rotatable bonds is 9. The van der Waals surface area contributed by atoms with E-state index in [-0.39, 0.29) is 0 Å². The highest BCUT2D eigenvalue weighted by Gasteiger charge is 2.28. The molecule has 3 aliphatic rings. The molecule has 1 aliphatic carbocycles. The van der Waals surface area contributed by atoms with Crippen LogP contribution in [-0.4, -0.2) is 54.1 Å². The van der Waals surface area contributed by atoms with E-state index in [1.54, 1.807) is 7.11 Å². The molecule has 8 nitrogen and oxygen atoms in total. The first-order valence-corrected chi connectivity index (χ1v) is 12.3. The number of carbonyl (C=O) groups is 1. The van der Waals surface area contributed by atoms with E-state index >= 15 is 0 Å². The predicted octanol–water partition coefficient (Wildman–Crippen LogP) is 3.57. The zero-order valence-corrected chi connectivity index (χ0v) is 19.5. The van der Waals surface area contributed by atoms with Crippen LogP contribution < -0.4 is 20.7 Å². The van der Waals surface area contributed by atoms with Crippen LogP contribution in [0.5, 0.6) is 5.75 Å². The number of aromatic nitrogens is 2. The fraction of sp³-hybridized carbons (Fsp3) is 0.560. The summed E-state index contributed by atoms with van der Waals surface area (Å²) in [6, 6.07) is 4.26. The number of nitrogens with one attached hydrogen (secondary N) is 3. The first-order valence-electron chi connectivity index (χ1n) is 12.3. The Morgan fingerprint density at radius 1 is 1.21 bits per heavy atom. The van der Waals surface area contributed by atoms with Crippen LogP contribution in [0.25, 0.3) is 0 Å². The van der Waals surface area contributed by atoms with Crippen LogP contribution in [0.15, 0.2) is 18.3 Å². The van der Waals surface area contributed by atoms with Gasteiger partial charge in [-0.2, -0.15) is 4.98 Å². The Morgan fingerprint density at radius 3 is 2.94 bits per heavy atom. The summed E-state index contributed by atoms with van der Waals surface area (Å²) in [6.45, 7) is 4.35. The SMILES string of the molecule is COc1cc2c(cc1Nc1ncc(C3CC3)c(NCCCN3CCCCC3=O)n1)CNCC2. The summed E-state index contributed by atoms with van der Waals surface area (Å²) < 4.78 is 5.65. The Morgan fingerprint density at radius 2 is 2.12 bits per heavy atom. The van der Waals surface area contributed by atoms with Crippen molar-refractivity contribution in [3.05, 3.63) is 35.0 Å². The average Bonchev–Trinajstić information content (AvgIpc) is 3.68. The molecule has 0 bridgehead atoms. The van der Waals surface area contributed by atoms with E-state index in [1.165, 1.54) is 29.5 Å². The Kier molecular flexibility index (Phi) is 6.62. The summed E-state index contributed by atoms with van der Waals surface area (Å²) in [4.78, 5) is 23.5. The molecule has 2 aromatic rings. The lowest BCUT2D eigenvalue weighted by molar-refractivity contribution is -0.133. The number of fused-ring (bicyclic) bond motifs is 1. The van der Waals surface area contributed by atoms with E-state index in [2.05, 4.69) is 33.1 Å². The zero-order chi connectivity index (χ0) is 22.6. The molecule has 3 heterocycles. The van der Waals surface area contributed by atoms with E-state index in [1.807, 2.05) is 11.1 Å². The third-order valence-corrected chi connectivity index (χ3v) is 6.81. The normalized spacial score (nSPS) is 18.1. The van der Waals surface area contributed by atoms with Gasteiger partial charge in [0.25, 0.3) is 0 Å². The van der Waals surface area contributed by atoms with Crippen LogP contribution in [0.4, 0.5) is 17.5 Å². The maximum absolute atomic E-state index is 12.0. The Hall–Kier alpha value is -2.87. The van der Waals surface area contributed by atoms with Gasteiger partial charge in [-0.3, -0.25) is 4.79 Å². The summed E-state index contributed by atoms with van der Waals surface area (Å²) in [5, 5.41) is 10.3. The lowest BCUT2D eigenvalue weighted by atomic mass is 10.00. The predicted molar refractivity (Wildman–Crippen MR) is 129 cm³/mol. The molecular weight excluding hydrogens is 416 g/mol. The fourth-order valence-corrected chi connectivity index (χ4v) is 4.76. The number of hydrogen-bond donors (Lipinski definition) is 3. The van der Waals surface area contributed by atoms with Gasteiger partial charge < -0.3 is 25.6 Å². The van der Waals surface area contributed by atoms with E-state index < -0.39 is 0 Å². The summed E-state index contributed by atoms with van der Waals surface area (Å²) >= 11 is 0. The van der Waals surface area contributed by atoms with Gasteiger partial charge in [-0.1, -0.05) is 0 Å². The van der Waals surface area contributed by atoms with Crippen LogP contribution >= 0.6 is 0 Å².